The summed E-state index contributed by atoms with van der Waals surface area (Å²) in [6, 6.07) is 4.73. The quantitative estimate of drug-likeness (QED) is 0.675. The van der Waals surface area contributed by atoms with Gasteiger partial charge in [-0.2, -0.15) is 8.42 Å². The molecule has 126 valence electrons. The Kier molecular flexibility index (Phi) is 6.78. The molecule has 0 aliphatic carbocycles. The molecule has 0 aliphatic heterocycles. The van der Waals surface area contributed by atoms with Crippen LogP contribution in [0.1, 0.15) is 20.3 Å². The lowest BCUT2D eigenvalue weighted by atomic mass is 10.0. The molecule has 0 saturated heterocycles. The topological polar surface area (TPSA) is 110 Å². The van der Waals surface area contributed by atoms with Gasteiger partial charge in [0.1, 0.15) is 0 Å². The Morgan fingerprint density at radius 2 is 1.77 bits per heavy atom. The van der Waals surface area contributed by atoms with Crippen LogP contribution in [0.4, 0.5) is 0 Å². The average Bonchev–Trinajstić information content (AvgIpc) is 2.42. The second-order valence-electron chi connectivity index (χ2n) is 4.78. The summed E-state index contributed by atoms with van der Waals surface area (Å²) in [6.07, 6.45) is 0.586. The number of rotatable bonds is 8. The third kappa shape index (κ3) is 6.19. The van der Waals surface area contributed by atoms with E-state index in [4.69, 9.17) is 16.2 Å². The van der Waals surface area contributed by atoms with E-state index in [9.17, 15) is 16.8 Å². The summed E-state index contributed by atoms with van der Waals surface area (Å²) in [6.45, 7) is 3.06. The molecule has 0 spiro atoms. The van der Waals surface area contributed by atoms with E-state index in [1.54, 1.807) is 6.92 Å². The van der Waals surface area contributed by atoms with Crippen molar-refractivity contribution in [2.45, 2.75) is 31.2 Å². The van der Waals surface area contributed by atoms with E-state index in [1.807, 2.05) is 6.92 Å². The molecule has 22 heavy (non-hydrogen) atoms. The van der Waals surface area contributed by atoms with Crippen molar-refractivity contribution in [1.82, 2.24) is 4.72 Å². The van der Waals surface area contributed by atoms with E-state index >= 15 is 0 Å². The molecule has 0 heterocycles. The number of benzene rings is 1. The SMILES string of the molecule is CCC(C)C(COS(=O)(=O)O)NS(=O)(=O)c1ccc(Cl)cc1. The molecule has 0 bridgehead atoms. The molecule has 0 fully saturated rings. The van der Waals surface area contributed by atoms with Crippen molar-refractivity contribution in [3.8, 4) is 0 Å². The number of sulfonamides is 1. The van der Waals surface area contributed by atoms with Gasteiger partial charge in [-0.05, 0) is 30.2 Å². The highest BCUT2D eigenvalue weighted by atomic mass is 35.5. The van der Waals surface area contributed by atoms with Gasteiger partial charge in [-0.25, -0.2) is 17.3 Å². The number of hydrogen-bond acceptors (Lipinski definition) is 5. The van der Waals surface area contributed by atoms with Crippen LogP contribution in [0.2, 0.25) is 5.02 Å². The minimum absolute atomic E-state index is 0.00272. The first-order valence-corrected chi connectivity index (χ1v) is 9.67. The molecule has 0 radical (unpaired) electrons. The van der Waals surface area contributed by atoms with Crippen LogP contribution in [0.15, 0.2) is 29.2 Å². The van der Waals surface area contributed by atoms with Gasteiger partial charge < -0.3 is 0 Å². The Balaban J connectivity index is 2.94. The van der Waals surface area contributed by atoms with E-state index in [0.717, 1.165) is 0 Å². The van der Waals surface area contributed by atoms with Crippen molar-refractivity contribution < 1.29 is 25.6 Å². The highest BCUT2D eigenvalue weighted by Gasteiger charge is 2.25. The number of halogens is 1. The molecule has 1 aromatic rings. The molecule has 2 atom stereocenters. The maximum absolute atomic E-state index is 12.3. The highest BCUT2D eigenvalue weighted by molar-refractivity contribution is 7.89. The third-order valence-electron chi connectivity index (χ3n) is 3.16. The van der Waals surface area contributed by atoms with Crippen LogP contribution in [-0.2, 0) is 24.6 Å². The fourth-order valence-corrected chi connectivity index (χ4v) is 3.41. The summed E-state index contributed by atoms with van der Waals surface area (Å²) in [7, 11) is -8.50. The molecule has 2 unspecified atom stereocenters. The lowest BCUT2D eigenvalue weighted by Crippen LogP contribution is -2.42. The predicted molar refractivity (Wildman–Crippen MR) is 82.5 cm³/mol. The fraction of sp³-hybridized carbons (Fsp3) is 0.500. The molecule has 7 nitrogen and oxygen atoms in total. The van der Waals surface area contributed by atoms with Crippen LogP contribution in [0.25, 0.3) is 0 Å². The average molecular weight is 372 g/mol. The molecule has 0 saturated carbocycles. The van der Waals surface area contributed by atoms with Crippen molar-refractivity contribution in [3.63, 3.8) is 0 Å². The number of hydrogen-bond donors (Lipinski definition) is 2. The smallest absolute Gasteiger partial charge is 0.264 e. The summed E-state index contributed by atoms with van der Waals surface area (Å²) in [5.41, 5.74) is 0. The number of nitrogens with one attached hydrogen (secondary N) is 1. The van der Waals surface area contributed by atoms with Gasteiger partial charge in [0, 0.05) is 11.1 Å². The van der Waals surface area contributed by atoms with Crippen molar-refractivity contribution in [1.29, 1.82) is 0 Å². The van der Waals surface area contributed by atoms with Crippen LogP contribution >= 0.6 is 11.6 Å². The van der Waals surface area contributed by atoms with Crippen molar-refractivity contribution in [2.24, 2.45) is 5.92 Å². The van der Waals surface area contributed by atoms with E-state index < -0.39 is 33.1 Å². The lowest BCUT2D eigenvalue weighted by Gasteiger charge is -2.23. The van der Waals surface area contributed by atoms with Crippen molar-refractivity contribution in [3.05, 3.63) is 29.3 Å². The first-order chi connectivity index (χ1) is 10.0. The van der Waals surface area contributed by atoms with Crippen LogP contribution < -0.4 is 4.72 Å². The monoisotopic (exact) mass is 371 g/mol. The molecule has 2 N–H and O–H groups in total. The molecule has 0 amide bonds. The largest absolute Gasteiger partial charge is 0.397 e. The fourth-order valence-electron chi connectivity index (χ4n) is 1.64. The first-order valence-electron chi connectivity index (χ1n) is 6.45. The Bertz CT molecular complexity index is 687. The zero-order valence-corrected chi connectivity index (χ0v) is 14.5. The Hall–Kier alpha value is -0.710. The van der Waals surface area contributed by atoms with Gasteiger partial charge in [0.25, 0.3) is 0 Å². The summed E-state index contributed by atoms with van der Waals surface area (Å²) >= 11 is 5.71. The third-order valence-corrected chi connectivity index (χ3v) is 5.35. The van der Waals surface area contributed by atoms with Gasteiger partial charge in [-0.1, -0.05) is 31.9 Å². The summed E-state index contributed by atoms with van der Waals surface area (Å²) in [5.74, 6) is -0.205. The summed E-state index contributed by atoms with van der Waals surface area (Å²) in [5, 5.41) is 0.395. The molecule has 0 aliphatic rings. The van der Waals surface area contributed by atoms with E-state index in [1.165, 1.54) is 24.3 Å². The summed E-state index contributed by atoms with van der Waals surface area (Å²) < 4.78 is 61.2. The minimum atomic E-state index is -4.64. The predicted octanol–water partition coefficient (Wildman–Crippen LogP) is 1.85. The standard InChI is InChI=1S/C12H18ClNO6S2/c1-3-9(2)12(8-20-22(17,18)19)14-21(15,16)11-6-4-10(13)5-7-11/h4-7,9,12,14H,3,8H2,1-2H3,(H,17,18,19). The second kappa shape index (κ2) is 7.71. The highest BCUT2D eigenvalue weighted by Crippen LogP contribution is 2.17. The minimum Gasteiger partial charge on any atom is -0.264 e. The van der Waals surface area contributed by atoms with E-state index in [0.29, 0.717) is 11.4 Å². The van der Waals surface area contributed by atoms with Gasteiger partial charge in [0.05, 0.1) is 11.5 Å². The van der Waals surface area contributed by atoms with Gasteiger partial charge in [-0.3, -0.25) is 4.55 Å². The maximum Gasteiger partial charge on any atom is 0.397 e. The maximum atomic E-state index is 12.3. The molecule has 1 aromatic carbocycles. The van der Waals surface area contributed by atoms with Crippen LogP contribution in [0, 0.1) is 5.92 Å². The van der Waals surface area contributed by atoms with Gasteiger partial charge in [0.2, 0.25) is 10.0 Å². The van der Waals surface area contributed by atoms with E-state index in [-0.39, 0.29) is 10.8 Å². The first kappa shape index (κ1) is 19.3. The lowest BCUT2D eigenvalue weighted by molar-refractivity contribution is 0.216. The van der Waals surface area contributed by atoms with Gasteiger partial charge in [-0.15, -0.1) is 0 Å². The molecular formula is C12H18ClNO6S2. The zero-order chi connectivity index (χ0) is 17.0. The van der Waals surface area contributed by atoms with Gasteiger partial charge in [0.15, 0.2) is 0 Å². The summed E-state index contributed by atoms with van der Waals surface area (Å²) in [4.78, 5) is -0.00272. The molecular weight excluding hydrogens is 354 g/mol. The molecule has 0 aromatic heterocycles. The Labute approximate surface area is 135 Å². The van der Waals surface area contributed by atoms with Crippen molar-refractivity contribution >= 4 is 32.0 Å². The van der Waals surface area contributed by atoms with Crippen LogP contribution in [-0.4, -0.2) is 34.0 Å². The van der Waals surface area contributed by atoms with E-state index in [2.05, 4.69) is 8.91 Å². The van der Waals surface area contributed by atoms with Gasteiger partial charge >= 0.3 is 10.4 Å². The van der Waals surface area contributed by atoms with Crippen LogP contribution in [0.5, 0.6) is 0 Å². The Morgan fingerprint density at radius 1 is 1.23 bits per heavy atom. The normalized spacial score (nSPS) is 15.5. The second-order valence-corrected chi connectivity index (χ2v) is 8.02. The Morgan fingerprint density at radius 3 is 2.23 bits per heavy atom. The van der Waals surface area contributed by atoms with Crippen LogP contribution in [0.3, 0.4) is 0 Å². The zero-order valence-electron chi connectivity index (χ0n) is 12.1. The molecule has 10 heteroatoms. The molecule has 1 rings (SSSR count). The van der Waals surface area contributed by atoms with Crippen molar-refractivity contribution in [2.75, 3.05) is 6.61 Å².